The number of fused-ring (bicyclic) bond motifs is 1. The van der Waals surface area contributed by atoms with E-state index >= 15 is 0 Å². The number of amides is 1. The number of benzene rings is 1. The third kappa shape index (κ3) is 3.43. The highest BCUT2D eigenvalue weighted by Crippen LogP contribution is 2.26. The Balaban J connectivity index is 1.94. The van der Waals surface area contributed by atoms with Crippen molar-refractivity contribution >= 4 is 16.9 Å². The number of aryl methyl sites for hydroxylation is 2. The summed E-state index contributed by atoms with van der Waals surface area (Å²) in [6, 6.07) is 7.39. The predicted molar refractivity (Wildman–Crippen MR) is 99.8 cm³/mol. The van der Waals surface area contributed by atoms with Crippen LogP contribution in [0.2, 0.25) is 0 Å². The minimum Gasteiger partial charge on any atom is -0.395 e. The van der Waals surface area contributed by atoms with Gasteiger partial charge < -0.3 is 10.0 Å². The molecular weight excluding hydrogens is 330 g/mol. The molecule has 3 aromatic rings. The second kappa shape index (κ2) is 7.61. The van der Waals surface area contributed by atoms with E-state index in [0.717, 1.165) is 28.7 Å². The van der Waals surface area contributed by atoms with E-state index in [0.29, 0.717) is 24.5 Å². The zero-order valence-electron chi connectivity index (χ0n) is 15.3. The fourth-order valence-corrected chi connectivity index (χ4v) is 3.01. The minimum absolute atomic E-state index is 0.0387. The van der Waals surface area contributed by atoms with E-state index in [4.69, 9.17) is 5.11 Å². The lowest BCUT2D eigenvalue weighted by Gasteiger charge is -2.21. The van der Waals surface area contributed by atoms with Gasteiger partial charge in [0.2, 0.25) is 0 Å². The smallest absolute Gasteiger partial charge is 0.253 e. The van der Waals surface area contributed by atoms with Crippen molar-refractivity contribution in [2.45, 2.75) is 20.3 Å². The molecule has 0 saturated carbocycles. The highest BCUT2D eigenvalue weighted by atomic mass is 16.3. The second-order valence-corrected chi connectivity index (χ2v) is 6.22. The molecule has 0 unspecified atom stereocenters. The lowest BCUT2D eigenvalue weighted by molar-refractivity contribution is 0.0722. The van der Waals surface area contributed by atoms with Crippen molar-refractivity contribution < 1.29 is 9.90 Å². The van der Waals surface area contributed by atoms with Gasteiger partial charge in [-0.25, -0.2) is 9.97 Å². The number of hydrogen-bond donors (Lipinski definition) is 1. The molecule has 0 aliphatic carbocycles. The first kappa shape index (κ1) is 18.0. The van der Waals surface area contributed by atoms with Crippen LogP contribution < -0.4 is 0 Å². The molecule has 7 heteroatoms. The number of hydrogen-bond acceptors (Lipinski definition) is 5. The molecule has 1 aromatic carbocycles. The molecule has 2 aromatic heterocycles. The van der Waals surface area contributed by atoms with Gasteiger partial charge in [-0.2, -0.15) is 5.10 Å². The summed E-state index contributed by atoms with van der Waals surface area (Å²) in [7, 11) is 1.85. The van der Waals surface area contributed by atoms with Gasteiger partial charge in [0, 0.05) is 31.3 Å². The normalized spacial score (nSPS) is 11.1. The van der Waals surface area contributed by atoms with Crippen LogP contribution in [0.3, 0.4) is 0 Å². The van der Waals surface area contributed by atoms with E-state index in [1.165, 1.54) is 0 Å². The summed E-state index contributed by atoms with van der Waals surface area (Å²) in [5.41, 5.74) is 3.10. The number of aromatic nitrogens is 4. The third-order valence-corrected chi connectivity index (χ3v) is 4.26. The van der Waals surface area contributed by atoms with Crippen LogP contribution >= 0.6 is 0 Å². The van der Waals surface area contributed by atoms with Crippen molar-refractivity contribution in [2.24, 2.45) is 7.05 Å². The van der Waals surface area contributed by atoms with Gasteiger partial charge in [0.1, 0.15) is 5.82 Å². The fourth-order valence-electron chi connectivity index (χ4n) is 3.01. The van der Waals surface area contributed by atoms with E-state index < -0.39 is 0 Å². The molecule has 0 aliphatic heterocycles. The molecule has 0 saturated heterocycles. The number of carbonyl (C=O) groups is 1. The monoisotopic (exact) mass is 353 g/mol. The number of rotatable bonds is 6. The summed E-state index contributed by atoms with van der Waals surface area (Å²) in [6.45, 7) is 4.80. The van der Waals surface area contributed by atoms with Crippen LogP contribution in [0.1, 0.15) is 29.5 Å². The standard InChI is InChI=1S/C19H23N5O2/c1-4-9-24(10-11-25)19(26)15-7-5-14(6-8-15)17-16-12-20-23(3)18(16)22-13(2)21-17/h5-8,12,25H,4,9-11H2,1-3H3. The van der Waals surface area contributed by atoms with E-state index in [2.05, 4.69) is 15.1 Å². The first-order valence-corrected chi connectivity index (χ1v) is 8.72. The molecule has 26 heavy (non-hydrogen) atoms. The highest BCUT2D eigenvalue weighted by Gasteiger charge is 2.16. The quantitative estimate of drug-likeness (QED) is 0.734. The Hall–Kier alpha value is -2.80. The predicted octanol–water partition coefficient (Wildman–Crippen LogP) is 2.18. The van der Waals surface area contributed by atoms with Gasteiger partial charge in [0.05, 0.1) is 23.9 Å². The largest absolute Gasteiger partial charge is 0.395 e. The van der Waals surface area contributed by atoms with Gasteiger partial charge in [0.25, 0.3) is 5.91 Å². The lowest BCUT2D eigenvalue weighted by atomic mass is 10.1. The summed E-state index contributed by atoms with van der Waals surface area (Å²) in [5, 5.41) is 14.3. The zero-order valence-corrected chi connectivity index (χ0v) is 15.3. The van der Waals surface area contributed by atoms with Crippen LogP contribution in [0.25, 0.3) is 22.3 Å². The maximum atomic E-state index is 12.6. The first-order valence-electron chi connectivity index (χ1n) is 8.72. The zero-order chi connectivity index (χ0) is 18.7. The van der Waals surface area contributed by atoms with E-state index in [1.54, 1.807) is 27.9 Å². The fraction of sp³-hybridized carbons (Fsp3) is 0.368. The summed E-state index contributed by atoms with van der Waals surface area (Å²) in [4.78, 5) is 23.3. The Morgan fingerprint density at radius 1 is 1.19 bits per heavy atom. The molecule has 0 aliphatic rings. The Kier molecular flexibility index (Phi) is 5.27. The first-order chi connectivity index (χ1) is 12.5. The van der Waals surface area contributed by atoms with Crippen molar-refractivity contribution in [1.29, 1.82) is 0 Å². The number of aliphatic hydroxyl groups excluding tert-OH is 1. The molecule has 0 spiro atoms. The molecule has 1 N–H and O–H groups in total. The highest BCUT2D eigenvalue weighted by molar-refractivity contribution is 5.96. The molecular formula is C19H23N5O2. The van der Waals surface area contributed by atoms with Crippen LogP contribution in [0.15, 0.2) is 30.5 Å². The molecule has 3 rings (SSSR count). The lowest BCUT2D eigenvalue weighted by Crippen LogP contribution is -2.34. The van der Waals surface area contributed by atoms with E-state index in [-0.39, 0.29) is 12.5 Å². The van der Waals surface area contributed by atoms with Crippen LogP contribution in [-0.4, -0.2) is 55.4 Å². The van der Waals surface area contributed by atoms with Gasteiger partial charge in [-0.3, -0.25) is 9.48 Å². The molecule has 0 fully saturated rings. The van der Waals surface area contributed by atoms with Crippen LogP contribution in [-0.2, 0) is 7.05 Å². The van der Waals surface area contributed by atoms with Crippen LogP contribution in [0, 0.1) is 6.92 Å². The third-order valence-electron chi connectivity index (χ3n) is 4.26. The van der Waals surface area contributed by atoms with Crippen molar-refractivity contribution in [3.8, 4) is 11.3 Å². The van der Waals surface area contributed by atoms with Crippen LogP contribution in [0.4, 0.5) is 0 Å². The topological polar surface area (TPSA) is 84.1 Å². The Labute approximate surface area is 152 Å². The number of nitrogens with zero attached hydrogens (tertiary/aromatic N) is 5. The molecule has 136 valence electrons. The average molecular weight is 353 g/mol. The van der Waals surface area contributed by atoms with Crippen LogP contribution in [0.5, 0.6) is 0 Å². The number of carbonyl (C=O) groups excluding carboxylic acids is 1. The molecule has 0 radical (unpaired) electrons. The maximum absolute atomic E-state index is 12.6. The summed E-state index contributed by atoms with van der Waals surface area (Å²) < 4.78 is 1.73. The second-order valence-electron chi connectivity index (χ2n) is 6.22. The van der Waals surface area contributed by atoms with Gasteiger partial charge in [-0.05, 0) is 25.5 Å². The minimum atomic E-state index is -0.0714. The van der Waals surface area contributed by atoms with E-state index in [9.17, 15) is 4.79 Å². The summed E-state index contributed by atoms with van der Waals surface area (Å²) in [5.74, 6) is 0.603. The molecule has 2 heterocycles. The van der Waals surface area contributed by atoms with Gasteiger partial charge in [0.15, 0.2) is 5.65 Å². The van der Waals surface area contributed by atoms with Crippen molar-refractivity contribution in [3.05, 3.63) is 41.9 Å². The molecule has 0 atom stereocenters. The Bertz CT molecular complexity index is 912. The maximum Gasteiger partial charge on any atom is 0.253 e. The Morgan fingerprint density at radius 2 is 1.92 bits per heavy atom. The summed E-state index contributed by atoms with van der Waals surface area (Å²) in [6.07, 6.45) is 2.61. The Morgan fingerprint density at radius 3 is 2.58 bits per heavy atom. The van der Waals surface area contributed by atoms with Gasteiger partial charge >= 0.3 is 0 Å². The SMILES string of the molecule is CCCN(CCO)C(=O)c1ccc(-c2nc(C)nc3c2cnn3C)cc1. The molecule has 1 amide bonds. The van der Waals surface area contributed by atoms with Crippen molar-refractivity contribution in [1.82, 2.24) is 24.6 Å². The van der Waals surface area contributed by atoms with Gasteiger partial charge in [-0.15, -0.1) is 0 Å². The summed E-state index contributed by atoms with van der Waals surface area (Å²) >= 11 is 0. The van der Waals surface area contributed by atoms with E-state index in [1.807, 2.05) is 33.0 Å². The average Bonchev–Trinajstić information content (AvgIpc) is 3.01. The van der Waals surface area contributed by atoms with Crippen molar-refractivity contribution in [2.75, 3.05) is 19.7 Å². The molecule has 7 nitrogen and oxygen atoms in total. The number of aliphatic hydroxyl groups is 1. The molecule has 0 bridgehead atoms. The van der Waals surface area contributed by atoms with Crippen molar-refractivity contribution in [3.63, 3.8) is 0 Å². The van der Waals surface area contributed by atoms with Gasteiger partial charge in [-0.1, -0.05) is 19.1 Å².